The van der Waals surface area contributed by atoms with Crippen LogP contribution >= 0.6 is 0 Å². The van der Waals surface area contributed by atoms with E-state index in [1.165, 1.54) is 0 Å². The summed E-state index contributed by atoms with van der Waals surface area (Å²) >= 11 is 0. The zero-order chi connectivity index (χ0) is 12.8. The highest BCUT2D eigenvalue weighted by Gasteiger charge is 2.04. The zero-order valence-electron chi connectivity index (χ0n) is 10.3. The molecule has 2 aromatic carbocycles. The van der Waals surface area contributed by atoms with Gasteiger partial charge in [0.05, 0.1) is 0 Å². The number of nitrogens with two attached hydrogens (primary N) is 2. The van der Waals surface area contributed by atoms with E-state index in [0.717, 1.165) is 16.9 Å². The minimum absolute atomic E-state index is 0.134. The van der Waals surface area contributed by atoms with E-state index in [2.05, 4.69) is 0 Å². The average molecular weight is 242 g/mol. The molecular formula is C15H18N2O. The van der Waals surface area contributed by atoms with Crippen LogP contribution in [0.3, 0.4) is 0 Å². The van der Waals surface area contributed by atoms with Crippen LogP contribution in [0.25, 0.3) is 0 Å². The van der Waals surface area contributed by atoms with E-state index in [4.69, 9.17) is 16.2 Å². The van der Waals surface area contributed by atoms with E-state index in [1.807, 2.05) is 54.6 Å². The first-order valence-corrected chi connectivity index (χ1v) is 6.02. The topological polar surface area (TPSA) is 61.3 Å². The second-order valence-corrected chi connectivity index (χ2v) is 4.19. The van der Waals surface area contributed by atoms with Crippen molar-refractivity contribution in [2.45, 2.75) is 12.6 Å². The second kappa shape index (κ2) is 6.19. The lowest BCUT2D eigenvalue weighted by atomic mass is 10.1. The van der Waals surface area contributed by atoms with Crippen LogP contribution in [0.2, 0.25) is 0 Å². The van der Waals surface area contributed by atoms with Gasteiger partial charge in [0.15, 0.2) is 0 Å². The van der Waals surface area contributed by atoms with Gasteiger partial charge in [0, 0.05) is 12.6 Å². The molecule has 0 spiro atoms. The van der Waals surface area contributed by atoms with Crippen molar-refractivity contribution in [3.05, 3.63) is 65.7 Å². The molecular weight excluding hydrogens is 224 g/mol. The molecule has 0 aliphatic rings. The highest BCUT2D eigenvalue weighted by molar-refractivity contribution is 5.31. The Labute approximate surface area is 107 Å². The van der Waals surface area contributed by atoms with Crippen molar-refractivity contribution in [1.29, 1.82) is 0 Å². The molecule has 94 valence electrons. The number of benzene rings is 2. The molecule has 0 aliphatic carbocycles. The van der Waals surface area contributed by atoms with E-state index >= 15 is 0 Å². The summed E-state index contributed by atoms with van der Waals surface area (Å²) in [5.41, 5.74) is 13.6. The third kappa shape index (κ3) is 3.32. The average Bonchev–Trinajstić information content (AvgIpc) is 2.45. The van der Waals surface area contributed by atoms with Crippen molar-refractivity contribution in [2.24, 2.45) is 11.5 Å². The van der Waals surface area contributed by atoms with E-state index < -0.39 is 0 Å². The van der Waals surface area contributed by atoms with Crippen LogP contribution in [-0.4, -0.2) is 6.54 Å². The smallest absolute Gasteiger partial charge is 0.120 e. The van der Waals surface area contributed by atoms with E-state index in [-0.39, 0.29) is 6.04 Å². The minimum Gasteiger partial charge on any atom is -0.489 e. The molecule has 18 heavy (non-hydrogen) atoms. The maximum absolute atomic E-state index is 5.89. The van der Waals surface area contributed by atoms with Crippen molar-refractivity contribution in [2.75, 3.05) is 6.54 Å². The predicted octanol–water partition coefficient (Wildman–Crippen LogP) is 2.22. The van der Waals surface area contributed by atoms with Gasteiger partial charge in [0.1, 0.15) is 12.4 Å². The maximum Gasteiger partial charge on any atom is 0.120 e. The van der Waals surface area contributed by atoms with Gasteiger partial charge in [-0.25, -0.2) is 0 Å². The van der Waals surface area contributed by atoms with Crippen LogP contribution in [-0.2, 0) is 6.61 Å². The molecule has 3 nitrogen and oxygen atoms in total. The highest BCUT2D eigenvalue weighted by atomic mass is 16.5. The molecule has 2 aromatic rings. The summed E-state index contributed by atoms with van der Waals surface area (Å²) in [6.07, 6.45) is 0. The van der Waals surface area contributed by atoms with Gasteiger partial charge in [0.25, 0.3) is 0 Å². The molecule has 3 heteroatoms. The SMILES string of the molecule is NC[C@H](N)c1cccc(OCc2ccccc2)c1. The monoisotopic (exact) mass is 242 g/mol. The lowest BCUT2D eigenvalue weighted by molar-refractivity contribution is 0.305. The van der Waals surface area contributed by atoms with Gasteiger partial charge < -0.3 is 16.2 Å². The van der Waals surface area contributed by atoms with Gasteiger partial charge in [-0.1, -0.05) is 42.5 Å². The van der Waals surface area contributed by atoms with Crippen molar-refractivity contribution < 1.29 is 4.74 Å². The van der Waals surface area contributed by atoms with Crippen LogP contribution in [0, 0.1) is 0 Å². The Kier molecular flexibility index (Phi) is 4.34. The Morgan fingerprint density at radius 2 is 1.78 bits per heavy atom. The lowest BCUT2D eigenvalue weighted by Gasteiger charge is -2.11. The molecule has 0 radical (unpaired) electrons. The minimum atomic E-state index is -0.134. The number of hydrogen-bond donors (Lipinski definition) is 2. The fourth-order valence-corrected chi connectivity index (χ4v) is 1.71. The number of ether oxygens (including phenoxy) is 1. The van der Waals surface area contributed by atoms with Gasteiger partial charge in [-0.15, -0.1) is 0 Å². The second-order valence-electron chi connectivity index (χ2n) is 4.19. The predicted molar refractivity (Wildman–Crippen MR) is 73.2 cm³/mol. The summed E-state index contributed by atoms with van der Waals surface area (Å²) in [6.45, 7) is 0.990. The van der Waals surface area contributed by atoms with Crippen LogP contribution in [0.5, 0.6) is 5.75 Å². The molecule has 0 aromatic heterocycles. The van der Waals surface area contributed by atoms with Gasteiger partial charge in [-0.3, -0.25) is 0 Å². The molecule has 4 N–H and O–H groups in total. The Hall–Kier alpha value is -1.84. The fraction of sp³-hybridized carbons (Fsp3) is 0.200. The molecule has 0 saturated carbocycles. The quantitative estimate of drug-likeness (QED) is 0.845. The molecule has 0 heterocycles. The number of hydrogen-bond acceptors (Lipinski definition) is 3. The van der Waals surface area contributed by atoms with Crippen LogP contribution < -0.4 is 16.2 Å². The van der Waals surface area contributed by atoms with Gasteiger partial charge >= 0.3 is 0 Å². The maximum atomic E-state index is 5.89. The van der Waals surface area contributed by atoms with Crippen LogP contribution in [0.15, 0.2) is 54.6 Å². The first-order chi connectivity index (χ1) is 8.79. The number of rotatable bonds is 5. The van der Waals surface area contributed by atoms with Gasteiger partial charge in [-0.2, -0.15) is 0 Å². The van der Waals surface area contributed by atoms with Gasteiger partial charge in [-0.05, 0) is 23.3 Å². The van der Waals surface area contributed by atoms with Crippen LogP contribution in [0.1, 0.15) is 17.2 Å². The van der Waals surface area contributed by atoms with Crippen molar-refractivity contribution in [1.82, 2.24) is 0 Å². The zero-order valence-corrected chi connectivity index (χ0v) is 10.3. The van der Waals surface area contributed by atoms with E-state index in [9.17, 15) is 0 Å². The molecule has 1 atom stereocenters. The lowest BCUT2D eigenvalue weighted by Crippen LogP contribution is -2.20. The molecule has 0 fully saturated rings. The summed E-state index contributed by atoms with van der Waals surface area (Å²) in [4.78, 5) is 0. The third-order valence-electron chi connectivity index (χ3n) is 2.79. The first kappa shape index (κ1) is 12.6. The Balaban J connectivity index is 2.01. The first-order valence-electron chi connectivity index (χ1n) is 6.02. The van der Waals surface area contributed by atoms with Crippen LogP contribution in [0.4, 0.5) is 0 Å². The fourth-order valence-electron chi connectivity index (χ4n) is 1.71. The molecule has 0 saturated heterocycles. The Morgan fingerprint density at radius 1 is 1.00 bits per heavy atom. The third-order valence-corrected chi connectivity index (χ3v) is 2.79. The standard InChI is InChI=1S/C15H18N2O/c16-10-15(17)13-7-4-8-14(9-13)18-11-12-5-2-1-3-6-12/h1-9,15H,10-11,16-17H2/t15-/m0/s1. The van der Waals surface area contributed by atoms with E-state index in [0.29, 0.717) is 13.2 Å². The summed E-state index contributed by atoms with van der Waals surface area (Å²) in [5.74, 6) is 0.820. The molecule has 0 aliphatic heterocycles. The molecule has 0 bridgehead atoms. The Bertz CT molecular complexity index is 485. The largest absolute Gasteiger partial charge is 0.489 e. The van der Waals surface area contributed by atoms with Crippen molar-refractivity contribution in [3.63, 3.8) is 0 Å². The Morgan fingerprint density at radius 3 is 2.50 bits per heavy atom. The molecule has 0 unspecified atom stereocenters. The van der Waals surface area contributed by atoms with Crippen molar-refractivity contribution >= 4 is 0 Å². The summed E-state index contributed by atoms with van der Waals surface area (Å²) in [6, 6.07) is 17.7. The molecule has 0 amide bonds. The highest BCUT2D eigenvalue weighted by Crippen LogP contribution is 2.18. The van der Waals surface area contributed by atoms with Gasteiger partial charge in [0.2, 0.25) is 0 Å². The molecule has 2 rings (SSSR count). The summed E-state index contributed by atoms with van der Waals surface area (Å²) in [5, 5.41) is 0. The van der Waals surface area contributed by atoms with Crippen molar-refractivity contribution in [3.8, 4) is 5.75 Å². The summed E-state index contributed by atoms with van der Waals surface area (Å²) in [7, 11) is 0. The summed E-state index contributed by atoms with van der Waals surface area (Å²) < 4.78 is 5.73. The van der Waals surface area contributed by atoms with E-state index in [1.54, 1.807) is 0 Å². The normalized spacial score (nSPS) is 12.1.